The summed E-state index contributed by atoms with van der Waals surface area (Å²) in [4.78, 5) is 23.8. The van der Waals surface area contributed by atoms with Gasteiger partial charge in [-0.1, -0.05) is 24.3 Å². The first-order valence-corrected chi connectivity index (χ1v) is 11.8. The Balaban J connectivity index is 1.57. The average Bonchev–Trinajstić information content (AvgIpc) is 3.45. The number of amides is 1. The molecule has 8 heteroatoms. The zero-order valence-electron chi connectivity index (χ0n) is 17.7. The predicted octanol–water partition coefficient (Wildman–Crippen LogP) is 3.77. The molecule has 0 bridgehead atoms. The standard InChI is InChI=1S/C24H24N2O5S/c1-17(27)19-8-12-23(13-9-19)32(29,30)26(16-22-3-2-14-31-22)15-18-4-6-20(7-5-18)24(28)25-21-10-11-21/h2-9,12-14,21H,10-11,15-16H2,1H3,(H,25,28). The van der Waals surface area contributed by atoms with Gasteiger partial charge in [-0.2, -0.15) is 4.31 Å². The van der Waals surface area contributed by atoms with Crippen molar-refractivity contribution in [3.05, 3.63) is 89.4 Å². The van der Waals surface area contributed by atoms with E-state index in [-0.39, 0.29) is 35.7 Å². The third-order valence-electron chi connectivity index (χ3n) is 5.30. The molecule has 0 unspecified atom stereocenters. The van der Waals surface area contributed by atoms with E-state index in [2.05, 4.69) is 5.32 Å². The van der Waals surface area contributed by atoms with Crippen LogP contribution in [0.2, 0.25) is 0 Å². The van der Waals surface area contributed by atoms with Crippen molar-refractivity contribution in [3.8, 4) is 0 Å². The van der Waals surface area contributed by atoms with Crippen LogP contribution in [-0.4, -0.2) is 30.5 Å². The maximum absolute atomic E-state index is 13.4. The minimum absolute atomic E-state index is 0.0493. The lowest BCUT2D eigenvalue weighted by Crippen LogP contribution is -2.30. The minimum atomic E-state index is -3.87. The van der Waals surface area contributed by atoms with Crippen LogP contribution in [0.3, 0.4) is 0 Å². The first-order chi connectivity index (χ1) is 15.3. The minimum Gasteiger partial charge on any atom is -0.468 e. The van der Waals surface area contributed by atoms with E-state index in [4.69, 9.17) is 4.42 Å². The Bertz CT molecular complexity index is 1200. The van der Waals surface area contributed by atoms with Gasteiger partial charge in [0.05, 0.1) is 17.7 Å². The maximum atomic E-state index is 13.4. The Labute approximate surface area is 187 Å². The van der Waals surface area contributed by atoms with E-state index < -0.39 is 10.0 Å². The van der Waals surface area contributed by atoms with Crippen LogP contribution in [0.5, 0.6) is 0 Å². The summed E-state index contributed by atoms with van der Waals surface area (Å²) in [5, 5.41) is 2.94. The van der Waals surface area contributed by atoms with Crippen molar-refractivity contribution >= 4 is 21.7 Å². The molecule has 1 aliphatic rings. The first-order valence-electron chi connectivity index (χ1n) is 10.4. The predicted molar refractivity (Wildman–Crippen MR) is 119 cm³/mol. The van der Waals surface area contributed by atoms with E-state index in [0.29, 0.717) is 16.9 Å². The Morgan fingerprint density at radius 2 is 1.62 bits per heavy atom. The van der Waals surface area contributed by atoms with Crippen molar-refractivity contribution in [2.24, 2.45) is 0 Å². The molecule has 1 saturated carbocycles. The van der Waals surface area contributed by atoms with Crippen molar-refractivity contribution in [1.82, 2.24) is 9.62 Å². The monoisotopic (exact) mass is 452 g/mol. The molecule has 2 aromatic carbocycles. The topological polar surface area (TPSA) is 96.7 Å². The van der Waals surface area contributed by atoms with Gasteiger partial charge in [-0.15, -0.1) is 0 Å². The lowest BCUT2D eigenvalue weighted by molar-refractivity contribution is 0.0950. The van der Waals surface area contributed by atoms with Crippen LogP contribution in [0.4, 0.5) is 0 Å². The van der Waals surface area contributed by atoms with Gasteiger partial charge in [0.2, 0.25) is 10.0 Å². The highest BCUT2D eigenvalue weighted by Crippen LogP contribution is 2.23. The summed E-state index contributed by atoms with van der Waals surface area (Å²) in [6.45, 7) is 1.58. The van der Waals surface area contributed by atoms with Crippen LogP contribution in [0.1, 0.15) is 51.8 Å². The van der Waals surface area contributed by atoms with Crippen molar-refractivity contribution in [2.75, 3.05) is 0 Å². The lowest BCUT2D eigenvalue weighted by Gasteiger charge is -2.22. The molecule has 0 radical (unpaired) electrons. The molecule has 1 heterocycles. The number of carbonyl (C=O) groups is 2. The highest BCUT2D eigenvalue weighted by molar-refractivity contribution is 7.89. The molecule has 1 aromatic heterocycles. The van der Waals surface area contributed by atoms with Crippen LogP contribution < -0.4 is 5.32 Å². The summed E-state index contributed by atoms with van der Waals surface area (Å²) in [7, 11) is -3.87. The number of nitrogens with one attached hydrogen (secondary N) is 1. The number of ketones is 1. The summed E-state index contributed by atoms with van der Waals surface area (Å²) in [5.41, 5.74) is 1.73. The van der Waals surface area contributed by atoms with Crippen LogP contribution >= 0.6 is 0 Å². The number of hydrogen-bond donors (Lipinski definition) is 1. The summed E-state index contributed by atoms with van der Waals surface area (Å²) in [6.07, 6.45) is 3.52. The summed E-state index contributed by atoms with van der Waals surface area (Å²) >= 11 is 0. The Morgan fingerprint density at radius 1 is 0.969 bits per heavy atom. The van der Waals surface area contributed by atoms with E-state index in [1.54, 1.807) is 36.4 Å². The van der Waals surface area contributed by atoms with Gasteiger partial charge in [-0.05, 0) is 61.7 Å². The van der Waals surface area contributed by atoms with Crippen LogP contribution in [0.15, 0.2) is 76.2 Å². The Morgan fingerprint density at radius 3 is 2.19 bits per heavy atom. The van der Waals surface area contributed by atoms with Crippen LogP contribution in [0, 0.1) is 0 Å². The summed E-state index contributed by atoms with van der Waals surface area (Å²) < 4.78 is 33.5. The van der Waals surface area contributed by atoms with Crippen LogP contribution in [0.25, 0.3) is 0 Å². The molecule has 1 N–H and O–H groups in total. The highest BCUT2D eigenvalue weighted by Gasteiger charge is 2.27. The van der Waals surface area contributed by atoms with Gasteiger partial charge in [-0.3, -0.25) is 9.59 Å². The molecule has 7 nitrogen and oxygen atoms in total. The molecule has 4 rings (SSSR count). The normalized spacial score (nSPS) is 13.8. The van der Waals surface area contributed by atoms with Crippen molar-refractivity contribution in [3.63, 3.8) is 0 Å². The van der Waals surface area contributed by atoms with E-state index >= 15 is 0 Å². The SMILES string of the molecule is CC(=O)c1ccc(S(=O)(=O)N(Cc2ccc(C(=O)NC3CC3)cc2)Cc2ccco2)cc1. The molecule has 1 amide bonds. The zero-order chi connectivity index (χ0) is 22.7. The molecule has 3 aromatic rings. The fourth-order valence-corrected chi connectivity index (χ4v) is 4.67. The molecular formula is C24H24N2O5S. The fraction of sp³-hybridized carbons (Fsp3) is 0.250. The Kier molecular flexibility index (Phi) is 6.25. The van der Waals surface area contributed by atoms with E-state index in [1.807, 2.05) is 0 Å². The average molecular weight is 453 g/mol. The lowest BCUT2D eigenvalue weighted by atomic mass is 10.1. The van der Waals surface area contributed by atoms with E-state index in [1.165, 1.54) is 41.8 Å². The summed E-state index contributed by atoms with van der Waals surface area (Å²) in [6, 6.07) is 16.5. The van der Waals surface area contributed by atoms with E-state index in [9.17, 15) is 18.0 Å². The van der Waals surface area contributed by atoms with Gasteiger partial charge in [0.15, 0.2) is 5.78 Å². The number of carbonyl (C=O) groups excluding carboxylic acids is 2. The third kappa shape index (κ3) is 5.15. The van der Waals surface area contributed by atoms with Crippen molar-refractivity contribution < 1.29 is 22.4 Å². The number of furan rings is 1. The van der Waals surface area contributed by atoms with Gasteiger partial charge >= 0.3 is 0 Å². The largest absolute Gasteiger partial charge is 0.468 e. The van der Waals surface area contributed by atoms with Gasteiger partial charge in [0, 0.05) is 23.7 Å². The van der Waals surface area contributed by atoms with E-state index in [0.717, 1.165) is 18.4 Å². The fourth-order valence-electron chi connectivity index (χ4n) is 3.27. The number of benzene rings is 2. The molecule has 1 fully saturated rings. The first kappa shape index (κ1) is 22.0. The Hall–Kier alpha value is -3.23. The van der Waals surface area contributed by atoms with Gasteiger partial charge in [0.25, 0.3) is 5.91 Å². The molecule has 0 atom stereocenters. The smallest absolute Gasteiger partial charge is 0.251 e. The number of hydrogen-bond acceptors (Lipinski definition) is 5. The molecule has 1 aliphatic carbocycles. The third-order valence-corrected chi connectivity index (χ3v) is 7.10. The molecule has 0 saturated heterocycles. The highest BCUT2D eigenvalue weighted by atomic mass is 32.2. The van der Waals surface area contributed by atoms with Crippen molar-refractivity contribution in [1.29, 1.82) is 0 Å². The second kappa shape index (κ2) is 9.10. The number of Topliss-reactive ketones (excluding diaryl/α,β-unsaturated/α-hetero) is 1. The van der Waals surface area contributed by atoms with Crippen LogP contribution in [-0.2, 0) is 23.1 Å². The summed E-state index contributed by atoms with van der Waals surface area (Å²) in [5.74, 6) is 0.256. The van der Waals surface area contributed by atoms with Gasteiger partial charge < -0.3 is 9.73 Å². The molecule has 0 aliphatic heterocycles. The molecule has 32 heavy (non-hydrogen) atoms. The zero-order valence-corrected chi connectivity index (χ0v) is 18.5. The van der Waals surface area contributed by atoms with Gasteiger partial charge in [0.1, 0.15) is 5.76 Å². The molecule has 166 valence electrons. The maximum Gasteiger partial charge on any atom is 0.251 e. The quantitative estimate of drug-likeness (QED) is 0.499. The molecular weight excluding hydrogens is 428 g/mol. The molecule has 0 spiro atoms. The van der Waals surface area contributed by atoms with Crippen molar-refractivity contribution in [2.45, 2.75) is 43.8 Å². The van der Waals surface area contributed by atoms with Gasteiger partial charge in [-0.25, -0.2) is 8.42 Å². The second-order valence-electron chi connectivity index (χ2n) is 7.88. The number of rotatable bonds is 9. The second-order valence-corrected chi connectivity index (χ2v) is 9.82. The number of sulfonamides is 1. The number of nitrogens with zero attached hydrogens (tertiary/aromatic N) is 1.